The smallest absolute Gasteiger partial charge is 0.253 e. The van der Waals surface area contributed by atoms with E-state index in [4.69, 9.17) is 10.5 Å². The van der Waals surface area contributed by atoms with Crippen LogP contribution in [0.2, 0.25) is 0 Å². The third kappa shape index (κ3) is 3.00. The molecule has 0 radical (unpaired) electrons. The van der Waals surface area contributed by atoms with Crippen molar-refractivity contribution < 1.29 is 9.53 Å². The molecule has 1 fully saturated rings. The van der Waals surface area contributed by atoms with Crippen molar-refractivity contribution in [2.75, 3.05) is 19.9 Å². The number of benzene rings is 1. The Morgan fingerprint density at radius 2 is 2.00 bits per heavy atom. The Morgan fingerprint density at radius 1 is 1.32 bits per heavy atom. The number of methoxy groups -OCH3 is 1. The summed E-state index contributed by atoms with van der Waals surface area (Å²) in [7, 11) is 3.45. The van der Waals surface area contributed by atoms with E-state index in [0.29, 0.717) is 23.0 Å². The van der Waals surface area contributed by atoms with E-state index >= 15 is 0 Å². The summed E-state index contributed by atoms with van der Waals surface area (Å²) in [4.78, 5) is 14.3. The zero-order valence-electron chi connectivity index (χ0n) is 11.7. The van der Waals surface area contributed by atoms with E-state index in [1.165, 1.54) is 19.3 Å². The first-order chi connectivity index (χ1) is 9.13. The number of nitrogen functional groups attached to an aromatic ring is 1. The van der Waals surface area contributed by atoms with Crippen molar-refractivity contribution in [3.8, 4) is 5.75 Å². The molecule has 0 spiro atoms. The number of anilines is 1. The third-order valence-electron chi connectivity index (χ3n) is 3.92. The standard InChI is InChI=1S/C15H22N2O2/c1-17(12-6-4-3-5-7-12)15(18)11-8-9-13(16)14(10-11)19-2/h8-10,12H,3-7,16H2,1-2H3. The van der Waals surface area contributed by atoms with Gasteiger partial charge in [0.2, 0.25) is 0 Å². The molecular weight excluding hydrogens is 240 g/mol. The Kier molecular flexibility index (Phi) is 4.30. The highest BCUT2D eigenvalue weighted by Gasteiger charge is 2.23. The van der Waals surface area contributed by atoms with E-state index in [-0.39, 0.29) is 5.91 Å². The largest absolute Gasteiger partial charge is 0.495 e. The molecule has 104 valence electrons. The molecule has 1 amide bonds. The van der Waals surface area contributed by atoms with Gasteiger partial charge in [-0.05, 0) is 31.0 Å². The van der Waals surface area contributed by atoms with Gasteiger partial charge in [-0.3, -0.25) is 4.79 Å². The zero-order valence-corrected chi connectivity index (χ0v) is 11.7. The van der Waals surface area contributed by atoms with E-state index in [9.17, 15) is 4.79 Å². The van der Waals surface area contributed by atoms with Gasteiger partial charge in [0.05, 0.1) is 12.8 Å². The predicted molar refractivity (Wildman–Crippen MR) is 76.4 cm³/mol. The van der Waals surface area contributed by atoms with Gasteiger partial charge in [-0.15, -0.1) is 0 Å². The van der Waals surface area contributed by atoms with Crippen molar-refractivity contribution in [2.24, 2.45) is 0 Å². The highest BCUT2D eigenvalue weighted by atomic mass is 16.5. The number of nitrogens with two attached hydrogens (primary N) is 1. The fourth-order valence-electron chi connectivity index (χ4n) is 2.68. The molecule has 2 N–H and O–H groups in total. The second-order valence-corrected chi connectivity index (χ2v) is 5.16. The van der Waals surface area contributed by atoms with Gasteiger partial charge in [0, 0.05) is 18.7 Å². The Labute approximate surface area is 114 Å². The summed E-state index contributed by atoms with van der Waals surface area (Å²) < 4.78 is 5.17. The number of nitrogens with zero attached hydrogens (tertiary/aromatic N) is 1. The van der Waals surface area contributed by atoms with Crippen molar-refractivity contribution in [2.45, 2.75) is 38.1 Å². The van der Waals surface area contributed by atoms with Crippen LogP contribution >= 0.6 is 0 Å². The maximum atomic E-state index is 12.5. The van der Waals surface area contributed by atoms with Gasteiger partial charge in [-0.2, -0.15) is 0 Å². The van der Waals surface area contributed by atoms with Crippen LogP contribution in [-0.2, 0) is 0 Å². The summed E-state index contributed by atoms with van der Waals surface area (Å²) >= 11 is 0. The number of hydrogen-bond donors (Lipinski definition) is 1. The second kappa shape index (κ2) is 5.95. The molecule has 2 rings (SSSR count). The second-order valence-electron chi connectivity index (χ2n) is 5.16. The molecule has 19 heavy (non-hydrogen) atoms. The highest BCUT2D eigenvalue weighted by Crippen LogP contribution is 2.26. The average Bonchev–Trinajstić information content (AvgIpc) is 2.47. The molecule has 1 aromatic rings. The summed E-state index contributed by atoms with van der Waals surface area (Å²) in [6.07, 6.45) is 5.93. The lowest BCUT2D eigenvalue weighted by molar-refractivity contribution is 0.0696. The molecule has 0 bridgehead atoms. The number of rotatable bonds is 3. The number of hydrogen-bond acceptors (Lipinski definition) is 3. The summed E-state index contributed by atoms with van der Waals surface area (Å²) in [6, 6.07) is 5.57. The molecule has 4 heteroatoms. The van der Waals surface area contributed by atoms with Crippen molar-refractivity contribution in [1.82, 2.24) is 4.90 Å². The zero-order chi connectivity index (χ0) is 13.8. The topological polar surface area (TPSA) is 55.6 Å². The number of carbonyl (C=O) groups is 1. The minimum atomic E-state index is 0.0465. The first-order valence-electron chi connectivity index (χ1n) is 6.84. The fourth-order valence-corrected chi connectivity index (χ4v) is 2.68. The number of amides is 1. The Morgan fingerprint density at radius 3 is 2.63 bits per heavy atom. The molecule has 1 aromatic carbocycles. The monoisotopic (exact) mass is 262 g/mol. The van der Waals surface area contributed by atoms with Gasteiger partial charge >= 0.3 is 0 Å². The molecular formula is C15H22N2O2. The molecule has 1 aliphatic carbocycles. The quantitative estimate of drug-likeness (QED) is 0.852. The first kappa shape index (κ1) is 13.7. The highest BCUT2D eigenvalue weighted by molar-refractivity contribution is 5.95. The van der Waals surface area contributed by atoms with Crippen LogP contribution in [0, 0.1) is 0 Å². The van der Waals surface area contributed by atoms with Crippen molar-refractivity contribution in [3.05, 3.63) is 23.8 Å². The lowest BCUT2D eigenvalue weighted by atomic mass is 9.94. The molecule has 4 nitrogen and oxygen atoms in total. The van der Waals surface area contributed by atoms with Gasteiger partial charge < -0.3 is 15.4 Å². The summed E-state index contributed by atoms with van der Waals surface area (Å²) in [5, 5.41) is 0. The van der Waals surface area contributed by atoms with E-state index in [1.54, 1.807) is 25.3 Å². The number of carbonyl (C=O) groups excluding carboxylic acids is 1. The minimum absolute atomic E-state index is 0.0465. The van der Waals surface area contributed by atoms with Gasteiger partial charge in [-0.25, -0.2) is 0 Å². The summed E-state index contributed by atoms with van der Waals surface area (Å²) in [6.45, 7) is 0. The van der Waals surface area contributed by atoms with E-state index in [0.717, 1.165) is 12.8 Å². The van der Waals surface area contributed by atoms with E-state index in [1.807, 2.05) is 11.9 Å². The molecule has 0 saturated heterocycles. The minimum Gasteiger partial charge on any atom is -0.495 e. The van der Waals surface area contributed by atoms with E-state index in [2.05, 4.69) is 0 Å². The third-order valence-corrected chi connectivity index (χ3v) is 3.92. The maximum absolute atomic E-state index is 12.5. The van der Waals surface area contributed by atoms with Gasteiger partial charge in [0.15, 0.2) is 0 Å². The first-order valence-corrected chi connectivity index (χ1v) is 6.84. The lowest BCUT2D eigenvalue weighted by Crippen LogP contribution is -2.38. The molecule has 0 heterocycles. The predicted octanol–water partition coefficient (Wildman–Crippen LogP) is 2.68. The molecule has 1 aliphatic rings. The van der Waals surface area contributed by atoms with Crippen molar-refractivity contribution >= 4 is 11.6 Å². The Bertz CT molecular complexity index is 453. The Hall–Kier alpha value is -1.71. The van der Waals surface area contributed by atoms with Crippen LogP contribution in [0.25, 0.3) is 0 Å². The summed E-state index contributed by atoms with van der Waals surface area (Å²) in [5.41, 5.74) is 6.96. The Balaban J connectivity index is 2.14. The molecule has 1 saturated carbocycles. The van der Waals surface area contributed by atoms with Crippen LogP contribution in [0.5, 0.6) is 5.75 Å². The van der Waals surface area contributed by atoms with Gasteiger partial charge in [0.1, 0.15) is 5.75 Å². The summed E-state index contributed by atoms with van der Waals surface area (Å²) in [5.74, 6) is 0.605. The van der Waals surface area contributed by atoms with Crippen LogP contribution in [0.15, 0.2) is 18.2 Å². The normalized spacial score (nSPS) is 16.1. The molecule has 0 unspecified atom stereocenters. The van der Waals surface area contributed by atoms with Crippen LogP contribution in [-0.4, -0.2) is 31.0 Å². The van der Waals surface area contributed by atoms with Crippen LogP contribution < -0.4 is 10.5 Å². The van der Waals surface area contributed by atoms with Crippen LogP contribution in [0.4, 0.5) is 5.69 Å². The molecule has 0 aromatic heterocycles. The molecule has 0 aliphatic heterocycles. The number of ether oxygens (including phenoxy) is 1. The lowest BCUT2D eigenvalue weighted by Gasteiger charge is -2.31. The van der Waals surface area contributed by atoms with Crippen molar-refractivity contribution in [3.63, 3.8) is 0 Å². The van der Waals surface area contributed by atoms with Crippen molar-refractivity contribution in [1.29, 1.82) is 0 Å². The van der Waals surface area contributed by atoms with Gasteiger partial charge in [0.25, 0.3) is 5.91 Å². The fraction of sp³-hybridized carbons (Fsp3) is 0.533. The van der Waals surface area contributed by atoms with Gasteiger partial charge in [-0.1, -0.05) is 19.3 Å². The van der Waals surface area contributed by atoms with Crippen LogP contribution in [0.3, 0.4) is 0 Å². The average molecular weight is 262 g/mol. The SMILES string of the molecule is COc1cc(C(=O)N(C)C2CCCCC2)ccc1N. The van der Waals surface area contributed by atoms with Crippen LogP contribution in [0.1, 0.15) is 42.5 Å². The molecule has 0 atom stereocenters. The van der Waals surface area contributed by atoms with E-state index < -0.39 is 0 Å². The maximum Gasteiger partial charge on any atom is 0.253 e.